The fraction of sp³-hybridized carbons (Fsp3) is 0.250. The van der Waals surface area contributed by atoms with Crippen molar-refractivity contribution in [2.75, 3.05) is 0 Å². The molecule has 0 aliphatic rings. The molecule has 1 heterocycles. The Morgan fingerprint density at radius 2 is 2.14 bits per heavy atom. The largest absolute Gasteiger partial charge is 0.464 e. The molecule has 0 saturated heterocycles. The zero-order chi connectivity index (χ0) is 10.6. The number of nitrogens with one attached hydrogen (secondary N) is 1. The molecule has 2 N–H and O–H groups in total. The molecule has 0 aliphatic heterocycles. The zero-order valence-corrected chi connectivity index (χ0v) is 7.85. The quantitative estimate of drug-likeness (QED) is 0.537. The average Bonchev–Trinajstić information content (AvgIpc) is 2.15. The average molecular weight is 194 g/mol. The first-order valence-electron chi connectivity index (χ1n) is 3.92. The van der Waals surface area contributed by atoms with E-state index in [-0.39, 0.29) is 0 Å². The number of nitrogens with zero attached hydrogens (tertiary/aromatic N) is 3. The van der Waals surface area contributed by atoms with Crippen LogP contribution in [0.25, 0.3) is 0 Å². The maximum atomic E-state index is 10.2. The maximum absolute atomic E-state index is 10.2. The summed E-state index contributed by atoms with van der Waals surface area (Å²) in [6, 6.07) is 0. The van der Waals surface area contributed by atoms with Crippen LogP contribution in [0, 0.1) is 6.92 Å². The fourth-order valence-corrected chi connectivity index (χ4v) is 0.947. The third-order valence-corrected chi connectivity index (χ3v) is 1.54. The Balaban J connectivity index is 2.89. The lowest BCUT2D eigenvalue weighted by Gasteiger charge is -2.01. The summed E-state index contributed by atoms with van der Waals surface area (Å²) in [5.74, 6) is 0. The van der Waals surface area contributed by atoms with E-state index < -0.39 is 6.09 Å². The molecule has 6 heteroatoms. The molecule has 1 rings (SSSR count). The smallest absolute Gasteiger partial charge is 0.425 e. The summed E-state index contributed by atoms with van der Waals surface area (Å²) in [6.45, 7) is 3.44. The van der Waals surface area contributed by atoms with E-state index in [9.17, 15) is 4.79 Å². The summed E-state index contributed by atoms with van der Waals surface area (Å²) >= 11 is 0. The number of carbonyl (C=O) groups is 1. The predicted molar refractivity (Wildman–Crippen MR) is 50.1 cm³/mol. The Labute approximate surface area is 80.7 Å². The first kappa shape index (κ1) is 10.1. The van der Waals surface area contributed by atoms with Gasteiger partial charge in [0.2, 0.25) is 0 Å². The van der Waals surface area contributed by atoms with Crippen molar-refractivity contribution in [3.63, 3.8) is 0 Å². The molecule has 0 atom stereocenters. The normalized spacial score (nSPS) is 11.1. The SMILES string of the molecule is CC(=NNC(=O)O)c1nccnc1C. The molecule has 0 unspecified atom stereocenters. The van der Waals surface area contributed by atoms with Gasteiger partial charge in [-0.1, -0.05) is 0 Å². The summed E-state index contributed by atoms with van der Waals surface area (Å²) in [5, 5.41) is 11.9. The van der Waals surface area contributed by atoms with Gasteiger partial charge >= 0.3 is 6.09 Å². The predicted octanol–water partition coefficient (Wildman–Crippen LogP) is 0.777. The third-order valence-electron chi connectivity index (χ3n) is 1.54. The van der Waals surface area contributed by atoms with Crippen molar-refractivity contribution in [3.8, 4) is 0 Å². The number of hydrogen-bond acceptors (Lipinski definition) is 4. The summed E-state index contributed by atoms with van der Waals surface area (Å²) in [6.07, 6.45) is 1.89. The van der Waals surface area contributed by atoms with Crippen molar-refractivity contribution >= 4 is 11.8 Å². The minimum absolute atomic E-state index is 0.484. The van der Waals surface area contributed by atoms with Crippen LogP contribution >= 0.6 is 0 Å². The Kier molecular flexibility index (Phi) is 3.11. The molecule has 0 aliphatic carbocycles. The highest BCUT2D eigenvalue weighted by Crippen LogP contribution is 2.00. The van der Waals surface area contributed by atoms with E-state index in [1.54, 1.807) is 20.0 Å². The summed E-state index contributed by atoms with van der Waals surface area (Å²) in [4.78, 5) is 18.2. The maximum Gasteiger partial charge on any atom is 0.425 e. The van der Waals surface area contributed by atoms with Gasteiger partial charge in [0.05, 0.1) is 11.4 Å². The number of aryl methyl sites for hydroxylation is 1. The van der Waals surface area contributed by atoms with Crippen molar-refractivity contribution in [1.82, 2.24) is 15.4 Å². The minimum atomic E-state index is -1.20. The first-order chi connectivity index (χ1) is 6.61. The van der Waals surface area contributed by atoms with E-state index in [2.05, 4.69) is 15.1 Å². The molecule has 6 nitrogen and oxygen atoms in total. The monoisotopic (exact) mass is 194 g/mol. The number of hydrazone groups is 1. The zero-order valence-electron chi connectivity index (χ0n) is 7.85. The Hall–Kier alpha value is -1.98. The van der Waals surface area contributed by atoms with Gasteiger partial charge < -0.3 is 5.11 Å². The molecule has 14 heavy (non-hydrogen) atoms. The highest BCUT2D eigenvalue weighted by Gasteiger charge is 2.03. The van der Waals surface area contributed by atoms with Crippen molar-refractivity contribution in [2.24, 2.45) is 5.10 Å². The molecule has 0 aromatic carbocycles. The highest BCUT2D eigenvalue weighted by molar-refractivity contribution is 5.98. The molecule has 0 radical (unpaired) electrons. The lowest BCUT2D eigenvalue weighted by atomic mass is 10.2. The highest BCUT2D eigenvalue weighted by atomic mass is 16.4. The van der Waals surface area contributed by atoms with E-state index in [4.69, 9.17) is 5.11 Å². The van der Waals surface area contributed by atoms with Gasteiger partial charge in [0.15, 0.2) is 0 Å². The molecule has 1 amide bonds. The lowest BCUT2D eigenvalue weighted by molar-refractivity contribution is 0.195. The second-order valence-electron chi connectivity index (χ2n) is 2.60. The Bertz CT molecular complexity index is 375. The van der Waals surface area contributed by atoms with Gasteiger partial charge in [-0.05, 0) is 13.8 Å². The lowest BCUT2D eigenvalue weighted by Crippen LogP contribution is -2.17. The topological polar surface area (TPSA) is 87.5 Å². The minimum Gasteiger partial charge on any atom is -0.464 e. The molecule has 74 valence electrons. The van der Waals surface area contributed by atoms with Crippen LogP contribution in [0.1, 0.15) is 18.3 Å². The molecule has 1 aromatic heterocycles. The van der Waals surface area contributed by atoms with E-state index in [1.165, 1.54) is 6.20 Å². The van der Waals surface area contributed by atoms with Crippen LogP contribution in [0.4, 0.5) is 4.79 Å². The Morgan fingerprint density at radius 3 is 2.71 bits per heavy atom. The van der Waals surface area contributed by atoms with Crippen LogP contribution in [0.3, 0.4) is 0 Å². The van der Waals surface area contributed by atoms with Gasteiger partial charge in [0, 0.05) is 12.4 Å². The van der Waals surface area contributed by atoms with E-state index in [1.807, 2.05) is 5.43 Å². The van der Waals surface area contributed by atoms with Gasteiger partial charge in [-0.25, -0.2) is 10.2 Å². The van der Waals surface area contributed by atoms with E-state index in [0.29, 0.717) is 17.1 Å². The molecular formula is C8H10N4O2. The third kappa shape index (κ3) is 2.51. The molecule has 0 fully saturated rings. The van der Waals surface area contributed by atoms with Crippen molar-refractivity contribution in [3.05, 3.63) is 23.8 Å². The van der Waals surface area contributed by atoms with E-state index >= 15 is 0 Å². The van der Waals surface area contributed by atoms with Crippen LogP contribution < -0.4 is 5.43 Å². The van der Waals surface area contributed by atoms with Gasteiger partial charge in [0.1, 0.15) is 5.69 Å². The van der Waals surface area contributed by atoms with Crippen LogP contribution in [-0.4, -0.2) is 26.9 Å². The number of rotatable bonds is 2. The molecule has 0 bridgehead atoms. The standard InChI is InChI=1S/C8H10N4O2/c1-5-7(10-4-3-9-5)6(2)11-12-8(13)14/h3-4,12H,1-2H3,(H,13,14). The van der Waals surface area contributed by atoms with Crippen molar-refractivity contribution < 1.29 is 9.90 Å². The second-order valence-corrected chi connectivity index (χ2v) is 2.60. The molecule has 0 saturated carbocycles. The van der Waals surface area contributed by atoms with Crippen LogP contribution in [0.5, 0.6) is 0 Å². The van der Waals surface area contributed by atoms with Gasteiger partial charge in [-0.3, -0.25) is 9.97 Å². The van der Waals surface area contributed by atoms with Crippen molar-refractivity contribution in [2.45, 2.75) is 13.8 Å². The number of carboxylic acid groups (broad SMARTS) is 1. The summed E-state index contributed by atoms with van der Waals surface area (Å²) in [7, 11) is 0. The summed E-state index contributed by atoms with van der Waals surface area (Å²) < 4.78 is 0. The fourth-order valence-electron chi connectivity index (χ4n) is 0.947. The molecule has 0 spiro atoms. The van der Waals surface area contributed by atoms with Crippen LogP contribution in [0.2, 0.25) is 0 Å². The number of hydrogen-bond donors (Lipinski definition) is 2. The Morgan fingerprint density at radius 1 is 1.50 bits per heavy atom. The second kappa shape index (κ2) is 4.31. The van der Waals surface area contributed by atoms with Gasteiger partial charge in [0.25, 0.3) is 0 Å². The van der Waals surface area contributed by atoms with Crippen LogP contribution in [0.15, 0.2) is 17.5 Å². The van der Waals surface area contributed by atoms with Gasteiger partial charge in [-0.15, -0.1) is 0 Å². The van der Waals surface area contributed by atoms with Crippen LogP contribution in [-0.2, 0) is 0 Å². The summed E-state index contributed by atoms with van der Waals surface area (Å²) in [5.41, 5.74) is 3.69. The van der Waals surface area contributed by atoms with E-state index in [0.717, 1.165) is 0 Å². The van der Waals surface area contributed by atoms with Crippen molar-refractivity contribution in [1.29, 1.82) is 0 Å². The number of amides is 1. The molecular weight excluding hydrogens is 184 g/mol. The van der Waals surface area contributed by atoms with Gasteiger partial charge in [-0.2, -0.15) is 5.10 Å². The first-order valence-corrected chi connectivity index (χ1v) is 3.92. The molecule has 1 aromatic rings. The number of aromatic nitrogens is 2.